The van der Waals surface area contributed by atoms with E-state index in [-0.39, 0.29) is 17.4 Å². The smallest absolute Gasteiger partial charge is 0.253 e. The second-order valence-electron chi connectivity index (χ2n) is 6.17. The van der Waals surface area contributed by atoms with E-state index < -0.39 is 0 Å². The van der Waals surface area contributed by atoms with E-state index in [0.717, 1.165) is 24.8 Å². The van der Waals surface area contributed by atoms with Gasteiger partial charge in [-0.15, -0.1) is 0 Å². The van der Waals surface area contributed by atoms with E-state index >= 15 is 0 Å². The highest BCUT2D eigenvalue weighted by Crippen LogP contribution is 2.32. The molecule has 0 aromatic heterocycles. The molecule has 5 heteroatoms. The molecule has 1 fully saturated rings. The fourth-order valence-electron chi connectivity index (χ4n) is 2.47. The highest BCUT2D eigenvalue weighted by atomic mass is 16.2. The van der Waals surface area contributed by atoms with Gasteiger partial charge in [0.05, 0.1) is 0 Å². The molecule has 0 spiro atoms. The van der Waals surface area contributed by atoms with Crippen molar-refractivity contribution < 1.29 is 9.59 Å². The Morgan fingerprint density at radius 3 is 2.52 bits per heavy atom. The summed E-state index contributed by atoms with van der Waals surface area (Å²) in [5.41, 5.74) is 7.92. The fraction of sp³-hybridized carbons (Fsp3) is 0.500. The zero-order valence-electron chi connectivity index (χ0n) is 12.9. The van der Waals surface area contributed by atoms with Crippen LogP contribution in [0, 0.1) is 6.92 Å². The summed E-state index contributed by atoms with van der Waals surface area (Å²) in [7, 11) is 3.41. The van der Waals surface area contributed by atoms with Gasteiger partial charge >= 0.3 is 0 Å². The van der Waals surface area contributed by atoms with Crippen molar-refractivity contribution in [3.63, 3.8) is 0 Å². The summed E-state index contributed by atoms with van der Waals surface area (Å²) >= 11 is 0. The minimum Gasteiger partial charge on any atom is -0.345 e. The van der Waals surface area contributed by atoms with Gasteiger partial charge in [-0.05, 0) is 43.9 Å². The van der Waals surface area contributed by atoms with Gasteiger partial charge in [0.2, 0.25) is 5.91 Å². The summed E-state index contributed by atoms with van der Waals surface area (Å²) in [6.45, 7) is 1.90. The molecule has 0 unspecified atom stereocenters. The molecule has 114 valence electrons. The first-order valence-corrected chi connectivity index (χ1v) is 7.22. The first-order valence-electron chi connectivity index (χ1n) is 7.22. The number of carbonyl (C=O) groups is 2. The molecule has 1 aliphatic rings. The van der Waals surface area contributed by atoms with Crippen molar-refractivity contribution >= 4 is 17.5 Å². The predicted octanol–water partition coefficient (Wildman–Crippen LogP) is 1.91. The molecule has 1 aromatic carbocycles. The Bertz CT molecular complexity index is 563. The Kier molecular flexibility index (Phi) is 4.32. The van der Waals surface area contributed by atoms with Crippen LogP contribution in [0.25, 0.3) is 0 Å². The Labute approximate surface area is 125 Å². The lowest BCUT2D eigenvalue weighted by Crippen LogP contribution is -2.48. The molecule has 0 heterocycles. The van der Waals surface area contributed by atoms with Crippen LogP contribution < -0.4 is 11.1 Å². The van der Waals surface area contributed by atoms with Crippen LogP contribution in [-0.4, -0.2) is 36.3 Å². The van der Waals surface area contributed by atoms with Crippen molar-refractivity contribution in [3.05, 3.63) is 29.3 Å². The maximum atomic E-state index is 12.1. The van der Waals surface area contributed by atoms with Crippen molar-refractivity contribution in [1.82, 2.24) is 4.90 Å². The minimum atomic E-state index is -0.338. The Morgan fingerprint density at radius 2 is 2.00 bits per heavy atom. The van der Waals surface area contributed by atoms with Crippen LogP contribution in [0.2, 0.25) is 0 Å². The molecule has 2 rings (SSSR count). The number of amides is 2. The molecule has 0 aliphatic heterocycles. The number of nitrogens with zero attached hydrogens (tertiary/aromatic N) is 1. The standard InChI is InChI=1S/C16H23N3O2/c1-11-5-6-12(15(21)19(2)3)9-13(11)18-14(20)10-16(17)7-4-8-16/h5-6,9H,4,7-8,10,17H2,1-3H3,(H,18,20). The predicted molar refractivity (Wildman–Crippen MR) is 83.2 cm³/mol. The highest BCUT2D eigenvalue weighted by molar-refractivity contribution is 5.97. The number of hydrogen-bond donors (Lipinski definition) is 2. The van der Waals surface area contributed by atoms with E-state index in [2.05, 4.69) is 5.32 Å². The molecule has 21 heavy (non-hydrogen) atoms. The molecule has 1 saturated carbocycles. The summed E-state index contributed by atoms with van der Waals surface area (Å²) in [6.07, 6.45) is 3.23. The number of rotatable bonds is 4. The average Bonchev–Trinajstić information content (AvgIpc) is 2.38. The van der Waals surface area contributed by atoms with Crippen molar-refractivity contribution in [2.75, 3.05) is 19.4 Å². The Hall–Kier alpha value is -1.88. The quantitative estimate of drug-likeness (QED) is 0.889. The Morgan fingerprint density at radius 1 is 1.33 bits per heavy atom. The number of hydrogen-bond acceptors (Lipinski definition) is 3. The van der Waals surface area contributed by atoms with Gasteiger partial charge in [0.15, 0.2) is 0 Å². The van der Waals surface area contributed by atoms with Crippen LogP contribution in [0.5, 0.6) is 0 Å². The van der Waals surface area contributed by atoms with Gasteiger partial charge < -0.3 is 16.0 Å². The molecule has 0 saturated heterocycles. The molecule has 5 nitrogen and oxygen atoms in total. The van der Waals surface area contributed by atoms with E-state index in [1.807, 2.05) is 13.0 Å². The number of nitrogens with one attached hydrogen (secondary N) is 1. The monoisotopic (exact) mass is 289 g/mol. The molecular weight excluding hydrogens is 266 g/mol. The van der Waals surface area contributed by atoms with E-state index in [1.165, 1.54) is 4.90 Å². The molecule has 0 bridgehead atoms. The van der Waals surface area contributed by atoms with E-state index in [4.69, 9.17) is 5.73 Å². The van der Waals surface area contributed by atoms with Crippen molar-refractivity contribution in [1.29, 1.82) is 0 Å². The van der Waals surface area contributed by atoms with Gasteiger partial charge in [-0.2, -0.15) is 0 Å². The van der Waals surface area contributed by atoms with Crippen LogP contribution in [0.4, 0.5) is 5.69 Å². The van der Waals surface area contributed by atoms with Crippen LogP contribution in [0.15, 0.2) is 18.2 Å². The maximum Gasteiger partial charge on any atom is 0.253 e. The number of benzene rings is 1. The molecule has 1 aliphatic carbocycles. The van der Waals surface area contributed by atoms with Crippen molar-refractivity contribution in [2.24, 2.45) is 5.73 Å². The largest absolute Gasteiger partial charge is 0.345 e. The van der Waals surface area contributed by atoms with Gasteiger partial charge in [-0.25, -0.2) is 0 Å². The normalized spacial score (nSPS) is 16.0. The lowest BCUT2D eigenvalue weighted by Gasteiger charge is -2.37. The summed E-state index contributed by atoms with van der Waals surface area (Å²) in [5, 5.41) is 2.88. The SMILES string of the molecule is Cc1ccc(C(=O)N(C)C)cc1NC(=O)CC1(N)CCC1. The van der Waals surface area contributed by atoms with Crippen molar-refractivity contribution in [3.8, 4) is 0 Å². The topological polar surface area (TPSA) is 75.4 Å². The summed E-state index contributed by atoms with van der Waals surface area (Å²) in [5.74, 6) is -0.172. The van der Waals surface area contributed by atoms with Crippen LogP contribution in [0.3, 0.4) is 0 Å². The van der Waals surface area contributed by atoms with Crippen LogP contribution >= 0.6 is 0 Å². The van der Waals surface area contributed by atoms with Gasteiger partial charge in [-0.1, -0.05) is 6.07 Å². The first-order chi connectivity index (χ1) is 9.81. The van der Waals surface area contributed by atoms with E-state index in [0.29, 0.717) is 17.7 Å². The number of anilines is 1. The lowest BCUT2D eigenvalue weighted by atomic mass is 9.75. The van der Waals surface area contributed by atoms with Crippen LogP contribution in [-0.2, 0) is 4.79 Å². The number of aryl methyl sites for hydroxylation is 1. The maximum absolute atomic E-state index is 12.1. The molecule has 1 aromatic rings. The third kappa shape index (κ3) is 3.61. The average molecular weight is 289 g/mol. The van der Waals surface area contributed by atoms with Gasteiger partial charge in [0.1, 0.15) is 0 Å². The highest BCUT2D eigenvalue weighted by Gasteiger charge is 2.34. The molecule has 0 radical (unpaired) electrons. The Balaban J connectivity index is 2.10. The number of nitrogens with two attached hydrogens (primary N) is 1. The molecular formula is C16H23N3O2. The molecule has 0 atom stereocenters. The summed E-state index contributed by atoms with van der Waals surface area (Å²) < 4.78 is 0. The minimum absolute atomic E-state index is 0.0835. The third-order valence-electron chi connectivity index (χ3n) is 4.03. The lowest BCUT2D eigenvalue weighted by molar-refractivity contribution is -0.118. The van der Waals surface area contributed by atoms with Gasteiger partial charge in [-0.3, -0.25) is 9.59 Å². The molecule has 2 amide bonds. The van der Waals surface area contributed by atoms with Gasteiger partial charge in [0.25, 0.3) is 5.91 Å². The third-order valence-corrected chi connectivity index (χ3v) is 4.03. The fourth-order valence-corrected chi connectivity index (χ4v) is 2.47. The second kappa shape index (κ2) is 5.85. The van der Waals surface area contributed by atoms with Crippen molar-refractivity contribution in [2.45, 2.75) is 38.1 Å². The summed E-state index contributed by atoms with van der Waals surface area (Å²) in [6, 6.07) is 5.33. The summed E-state index contributed by atoms with van der Waals surface area (Å²) in [4.78, 5) is 25.6. The second-order valence-corrected chi connectivity index (χ2v) is 6.17. The zero-order chi connectivity index (χ0) is 15.6. The zero-order valence-corrected chi connectivity index (χ0v) is 12.9. The van der Waals surface area contributed by atoms with Gasteiger partial charge in [0, 0.05) is 37.3 Å². The van der Waals surface area contributed by atoms with E-state index in [1.54, 1.807) is 26.2 Å². The molecule has 3 N–H and O–H groups in total. The first kappa shape index (κ1) is 15.5. The van der Waals surface area contributed by atoms with Crippen LogP contribution in [0.1, 0.15) is 41.6 Å². The number of carbonyl (C=O) groups excluding carboxylic acids is 2. The van der Waals surface area contributed by atoms with E-state index in [9.17, 15) is 9.59 Å².